The summed E-state index contributed by atoms with van der Waals surface area (Å²) >= 11 is 5.90. The van der Waals surface area contributed by atoms with Crippen LogP contribution in [0, 0.1) is 0 Å². The molecule has 0 bridgehead atoms. The molecule has 1 aliphatic carbocycles. The summed E-state index contributed by atoms with van der Waals surface area (Å²) in [4.78, 5) is 10.4. The Labute approximate surface area is 76.7 Å². The summed E-state index contributed by atoms with van der Waals surface area (Å²) in [7, 11) is 0. The molecule has 0 aromatic carbocycles. The molecule has 4 heteroatoms. The van der Waals surface area contributed by atoms with E-state index < -0.39 is 11.8 Å². The van der Waals surface area contributed by atoms with Crippen LogP contribution in [0.2, 0.25) is 0 Å². The molecule has 3 nitrogen and oxygen atoms in total. The van der Waals surface area contributed by atoms with Gasteiger partial charge in [-0.25, -0.2) is 4.79 Å². The summed E-state index contributed by atoms with van der Waals surface area (Å²) in [6.45, 7) is 1.79. The lowest BCUT2D eigenvalue weighted by Crippen LogP contribution is -2.39. The number of halogens is 1. The Bertz CT molecular complexity index is 173. The van der Waals surface area contributed by atoms with Gasteiger partial charge < -0.3 is 9.84 Å². The summed E-state index contributed by atoms with van der Waals surface area (Å²) in [5, 5.41) is 8.27. The zero-order chi connectivity index (χ0) is 9.19. The lowest BCUT2D eigenvalue weighted by atomic mass is 9.98. The van der Waals surface area contributed by atoms with Crippen molar-refractivity contribution in [1.29, 1.82) is 0 Å². The van der Waals surface area contributed by atoms with Crippen LogP contribution in [0.1, 0.15) is 32.6 Å². The van der Waals surface area contributed by atoms with Gasteiger partial charge in [-0.15, -0.1) is 11.6 Å². The Kier molecular flexibility index (Phi) is 2.83. The molecule has 0 aromatic rings. The van der Waals surface area contributed by atoms with Gasteiger partial charge in [0.1, 0.15) is 5.60 Å². The van der Waals surface area contributed by atoms with Gasteiger partial charge in [0.05, 0.1) is 5.38 Å². The SMILES string of the molecule is CC(Cl)C1(OC(=O)O)CCCC1. The first-order valence-corrected chi connectivity index (χ1v) is 4.56. The maximum absolute atomic E-state index is 10.4. The summed E-state index contributed by atoms with van der Waals surface area (Å²) in [5.41, 5.74) is -0.618. The molecule has 1 unspecified atom stereocenters. The van der Waals surface area contributed by atoms with Crippen molar-refractivity contribution in [2.24, 2.45) is 0 Å². The quantitative estimate of drug-likeness (QED) is 0.541. The van der Waals surface area contributed by atoms with Crippen molar-refractivity contribution in [3.63, 3.8) is 0 Å². The van der Waals surface area contributed by atoms with Gasteiger partial charge in [0, 0.05) is 0 Å². The highest BCUT2D eigenvalue weighted by Crippen LogP contribution is 2.38. The first-order valence-electron chi connectivity index (χ1n) is 4.13. The van der Waals surface area contributed by atoms with Crippen LogP contribution < -0.4 is 0 Å². The van der Waals surface area contributed by atoms with Crippen LogP contribution in [0.25, 0.3) is 0 Å². The van der Waals surface area contributed by atoms with E-state index in [9.17, 15) is 4.79 Å². The lowest BCUT2D eigenvalue weighted by molar-refractivity contribution is -0.0149. The van der Waals surface area contributed by atoms with Gasteiger partial charge >= 0.3 is 6.16 Å². The summed E-state index contributed by atoms with van der Waals surface area (Å²) in [6.07, 6.45) is 2.30. The molecule has 1 rings (SSSR count). The zero-order valence-electron chi connectivity index (χ0n) is 7.05. The molecular formula is C8H13ClO3. The fourth-order valence-electron chi connectivity index (χ4n) is 1.73. The molecule has 12 heavy (non-hydrogen) atoms. The van der Waals surface area contributed by atoms with Crippen LogP contribution >= 0.6 is 11.6 Å². The third-order valence-electron chi connectivity index (χ3n) is 2.47. The molecule has 0 saturated heterocycles. The standard InChI is InChI=1S/C8H13ClO3/c1-6(9)8(12-7(10)11)4-2-3-5-8/h6H,2-5H2,1H3,(H,10,11). The van der Waals surface area contributed by atoms with Crippen molar-refractivity contribution in [3.05, 3.63) is 0 Å². The molecule has 1 atom stereocenters. The van der Waals surface area contributed by atoms with Crippen molar-refractivity contribution in [2.75, 3.05) is 0 Å². The first kappa shape index (κ1) is 9.65. The second kappa shape index (κ2) is 3.52. The molecule has 0 amide bonds. The first-order chi connectivity index (χ1) is 5.57. The number of ether oxygens (including phenoxy) is 1. The normalized spacial score (nSPS) is 23.5. The monoisotopic (exact) mass is 192 g/mol. The van der Waals surface area contributed by atoms with E-state index in [1.54, 1.807) is 6.92 Å². The van der Waals surface area contributed by atoms with Crippen LogP contribution in [0.4, 0.5) is 4.79 Å². The highest BCUT2D eigenvalue weighted by atomic mass is 35.5. The van der Waals surface area contributed by atoms with E-state index in [0.29, 0.717) is 0 Å². The molecule has 70 valence electrons. The van der Waals surface area contributed by atoms with Crippen LogP contribution in [-0.4, -0.2) is 22.2 Å². The van der Waals surface area contributed by atoms with Crippen molar-refractivity contribution in [2.45, 2.75) is 43.6 Å². The highest BCUT2D eigenvalue weighted by molar-refractivity contribution is 6.21. The van der Waals surface area contributed by atoms with Gasteiger partial charge in [0.15, 0.2) is 0 Å². The van der Waals surface area contributed by atoms with E-state index in [0.717, 1.165) is 25.7 Å². The van der Waals surface area contributed by atoms with E-state index in [2.05, 4.69) is 0 Å². The third kappa shape index (κ3) is 1.83. The van der Waals surface area contributed by atoms with E-state index in [4.69, 9.17) is 21.4 Å². The Morgan fingerprint density at radius 2 is 2.08 bits per heavy atom. The average molecular weight is 193 g/mol. The largest absolute Gasteiger partial charge is 0.506 e. The van der Waals surface area contributed by atoms with Crippen molar-refractivity contribution < 1.29 is 14.6 Å². The Balaban J connectivity index is 2.65. The van der Waals surface area contributed by atoms with Gasteiger partial charge in [-0.05, 0) is 32.6 Å². The predicted octanol–water partition coefficient (Wildman–Crippen LogP) is 2.62. The van der Waals surface area contributed by atoms with Gasteiger partial charge in [0.25, 0.3) is 0 Å². The lowest BCUT2D eigenvalue weighted by Gasteiger charge is -2.29. The number of hydrogen-bond donors (Lipinski definition) is 1. The molecule has 1 aliphatic rings. The molecule has 0 spiro atoms. The van der Waals surface area contributed by atoms with Crippen LogP contribution in [0.5, 0.6) is 0 Å². The summed E-state index contributed by atoms with van der Waals surface area (Å²) in [6, 6.07) is 0. The number of carbonyl (C=O) groups is 1. The smallest absolute Gasteiger partial charge is 0.450 e. The van der Waals surface area contributed by atoms with E-state index >= 15 is 0 Å². The van der Waals surface area contributed by atoms with Gasteiger partial charge in [0.2, 0.25) is 0 Å². The maximum atomic E-state index is 10.4. The summed E-state index contributed by atoms with van der Waals surface area (Å²) in [5.74, 6) is 0. The fraction of sp³-hybridized carbons (Fsp3) is 0.875. The second-order valence-electron chi connectivity index (χ2n) is 3.26. The Morgan fingerprint density at radius 1 is 1.58 bits per heavy atom. The van der Waals surface area contributed by atoms with Crippen LogP contribution in [-0.2, 0) is 4.74 Å². The second-order valence-corrected chi connectivity index (χ2v) is 3.91. The molecule has 0 aliphatic heterocycles. The molecule has 0 aromatic heterocycles. The molecule has 0 heterocycles. The number of carboxylic acid groups (broad SMARTS) is 1. The molecule has 1 N–H and O–H groups in total. The van der Waals surface area contributed by atoms with Gasteiger partial charge in [-0.2, -0.15) is 0 Å². The van der Waals surface area contributed by atoms with Gasteiger partial charge in [-0.1, -0.05) is 0 Å². The summed E-state index contributed by atoms with van der Waals surface area (Å²) < 4.78 is 4.84. The number of hydrogen-bond acceptors (Lipinski definition) is 2. The van der Waals surface area contributed by atoms with Crippen LogP contribution in [0.15, 0.2) is 0 Å². The third-order valence-corrected chi connectivity index (χ3v) is 2.86. The van der Waals surface area contributed by atoms with Crippen LogP contribution in [0.3, 0.4) is 0 Å². The topological polar surface area (TPSA) is 46.5 Å². The minimum absolute atomic E-state index is 0.240. The fourth-order valence-corrected chi connectivity index (χ4v) is 1.99. The Hall–Kier alpha value is -0.440. The number of alkyl halides is 1. The Morgan fingerprint density at radius 3 is 2.42 bits per heavy atom. The molecule has 1 saturated carbocycles. The molecule has 0 radical (unpaired) electrons. The van der Waals surface area contributed by atoms with E-state index in [1.807, 2.05) is 0 Å². The minimum atomic E-state index is -1.22. The van der Waals surface area contributed by atoms with E-state index in [-0.39, 0.29) is 5.38 Å². The zero-order valence-corrected chi connectivity index (χ0v) is 7.80. The molecular weight excluding hydrogens is 180 g/mol. The van der Waals surface area contributed by atoms with E-state index in [1.165, 1.54) is 0 Å². The minimum Gasteiger partial charge on any atom is -0.450 e. The van der Waals surface area contributed by atoms with Crippen molar-refractivity contribution in [1.82, 2.24) is 0 Å². The molecule has 1 fully saturated rings. The maximum Gasteiger partial charge on any atom is 0.506 e. The van der Waals surface area contributed by atoms with Crippen molar-refractivity contribution >= 4 is 17.8 Å². The van der Waals surface area contributed by atoms with Gasteiger partial charge in [-0.3, -0.25) is 0 Å². The number of rotatable bonds is 2. The average Bonchev–Trinajstić information content (AvgIpc) is 2.35. The highest BCUT2D eigenvalue weighted by Gasteiger charge is 2.42. The van der Waals surface area contributed by atoms with Crippen molar-refractivity contribution in [3.8, 4) is 0 Å². The predicted molar refractivity (Wildman–Crippen MR) is 45.6 cm³/mol.